The Kier molecular flexibility index (Phi) is 7.37. The molecule has 0 radical (unpaired) electrons. The fourth-order valence-corrected chi connectivity index (χ4v) is 6.97. The topological polar surface area (TPSA) is 50.9 Å². The normalized spacial score (nSPS) is 13.3. The first-order valence-electron chi connectivity index (χ1n) is 20.7. The Labute approximate surface area is 325 Å². The number of rotatable bonds is 6. The number of para-hydroxylation sites is 2. The smallest absolute Gasteiger partial charge is 0.149 e. The van der Waals surface area contributed by atoms with Crippen LogP contribution in [0.25, 0.3) is 72.7 Å². The van der Waals surface area contributed by atoms with E-state index in [0.717, 1.165) is 50.1 Å². The summed E-state index contributed by atoms with van der Waals surface area (Å²) in [5.41, 5.74) is 11.0. The minimum Gasteiger partial charge on any atom is -0.507 e. The maximum absolute atomic E-state index is 11.3. The van der Waals surface area contributed by atoms with E-state index in [4.69, 9.17) is 16.8 Å². The number of nitrogens with zero attached hydrogens (tertiary/aromatic N) is 3. The highest BCUT2D eigenvalue weighted by atomic mass is 16.3. The predicted octanol–water partition coefficient (Wildman–Crippen LogP) is 13.1. The van der Waals surface area contributed by atoms with Crippen LogP contribution < -0.4 is 0 Å². The number of fused-ring (bicyclic) bond motifs is 1. The second-order valence-electron chi connectivity index (χ2n) is 15.8. The lowest BCUT2D eigenvalue weighted by molar-refractivity contribution is 0.477. The zero-order valence-corrected chi connectivity index (χ0v) is 31.4. The van der Waals surface area contributed by atoms with E-state index < -0.39 is 6.04 Å². The van der Waals surface area contributed by atoms with E-state index in [1.807, 2.05) is 42.5 Å². The molecule has 8 rings (SSSR count). The van der Waals surface area contributed by atoms with Gasteiger partial charge in [-0.15, -0.1) is 0 Å². The molecule has 0 saturated carbocycles. The van der Waals surface area contributed by atoms with Crippen LogP contribution in [0.1, 0.15) is 59.5 Å². The summed E-state index contributed by atoms with van der Waals surface area (Å²) in [6.07, 6.45) is 1.62. The summed E-state index contributed by atoms with van der Waals surface area (Å²) in [4.78, 5) is 10.1. The molecule has 0 atom stereocenters. The first-order chi connectivity index (χ1) is 28.0. The molecule has 0 aliphatic carbocycles. The van der Waals surface area contributed by atoms with Gasteiger partial charge in [0.2, 0.25) is 0 Å². The molecule has 2 heterocycles. The summed E-state index contributed by atoms with van der Waals surface area (Å²) in [6.45, 7) is 13.1. The van der Waals surface area contributed by atoms with Crippen LogP contribution in [-0.4, -0.2) is 19.6 Å². The average molecular weight is 709 g/mol. The van der Waals surface area contributed by atoms with Crippen LogP contribution in [0, 0.1) is 0 Å². The number of hydrogen-bond donors (Lipinski definition) is 1. The standard InChI is InChI=1S/C50H45N3O/c1-49(2,3)38-24-25-44(42(32-38)34-18-11-8-12-19-34)53-45-22-15-21-40(47(45)52-48(53)41-20-13-14-23-46(41)54)36-28-37(30-39(29-36)50(4,5)6)43-31-35(26-27-51-43)33-16-9-7-10-17-33/h7-32,54H,1-6H3/i7D,9D,10D,16D,17D. The Bertz CT molecular complexity index is 2890. The fourth-order valence-electron chi connectivity index (χ4n) is 6.97. The Morgan fingerprint density at radius 2 is 1.26 bits per heavy atom. The first kappa shape index (κ1) is 29.2. The third kappa shape index (κ3) is 6.60. The molecule has 0 saturated heterocycles. The predicted molar refractivity (Wildman–Crippen MR) is 225 cm³/mol. The molecule has 0 aliphatic heterocycles. The Balaban J connectivity index is 1.39. The van der Waals surface area contributed by atoms with Crippen LogP contribution in [0.5, 0.6) is 5.75 Å². The SMILES string of the molecule is [2H]c1c([2H])c([2H])c(-c2ccnc(-c3cc(-c4cccc5c4nc(-c4ccccc4O)n5-c4ccc(C(C)(C)C)cc4-c4ccccc4)cc(C(C)(C)C)c3)c2)c([2H])c1[2H]. The van der Waals surface area contributed by atoms with Gasteiger partial charge in [-0.05, 0) is 98.8 Å². The zero-order valence-electron chi connectivity index (χ0n) is 36.4. The summed E-state index contributed by atoms with van der Waals surface area (Å²) in [6, 6.07) is 38.5. The van der Waals surface area contributed by atoms with Gasteiger partial charge in [0, 0.05) is 22.9 Å². The monoisotopic (exact) mass is 708 g/mol. The van der Waals surface area contributed by atoms with Crippen molar-refractivity contribution in [3.63, 3.8) is 0 Å². The second kappa shape index (κ2) is 13.6. The summed E-state index contributed by atoms with van der Waals surface area (Å²) in [7, 11) is 0. The van der Waals surface area contributed by atoms with E-state index in [2.05, 4.69) is 107 Å². The second-order valence-corrected chi connectivity index (χ2v) is 15.8. The van der Waals surface area contributed by atoms with Gasteiger partial charge in [-0.2, -0.15) is 0 Å². The van der Waals surface area contributed by atoms with Crippen LogP contribution in [0.3, 0.4) is 0 Å². The zero-order chi connectivity index (χ0) is 42.0. The van der Waals surface area contributed by atoms with E-state index in [9.17, 15) is 5.11 Å². The van der Waals surface area contributed by atoms with Crippen molar-refractivity contribution in [3.05, 3.63) is 169 Å². The number of aromatic hydroxyl groups is 1. The van der Waals surface area contributed by atoms with Crippen molar-refractivity contribution in [2.75, 3.05) is 0 Å². The molecular formula is C50H45N3O. The molecule has 266 valence electrons. The van der Waals surface area contributed by atoms with Crippen molar-refractivity contribution in [1.29, 1.82) is 0 Å². The summed E-state index contributed by atoms with van der Waals surface area (Å²) >= 11 is 0. The maximum atomic E-state index is 11.3. The first-order valence-corrected chi connectivity index (χ1v) is 18.2. The number of hydrogen-bond acceptors (Lipinski definition) is 3. The van der Waals surface area contributed by atoms with E-state index in [1.165, 1.54) is 5.56 Å². The van der Waals surface area contributed by atoms with E-state index in [1.54, 1.807) is 24.4 Å². The summed E-state index contributed by atoms with van der Waals surface area (Å²) in [5, 5.41) is 11.3. The third-order valence-electron chi connectivity index (χ3n) is 9.97. The number of imidazole rings is 1. The molecule has 0 bridgehead atoms. The van der Waals surface area contributed by atoms with E-state index in [-0.39, 0.29) is 46.3 Å². The quantitative estimate of drug-likeness (QED) is 0.187. The van der Waals surface area contributed by atoms with Gasteiger partial charge in [-0.3, -0.25) is 9.55 Å². The highest BCUT2D eigenvalue weighted by molar-refractivity contribution is 5.97. The van der Waals surface area contributed by atoms with Crippen molar-refractivity contribution in [1.82, 2.24) is 14.5 Å². The van der Waals surface area contributed by atoms with Crippen LogP contribution >= 0.6 is 0 Å². The van der Waals surface area contributed by atoms with Gasteiger partial charge in [0.25, 0.3) is 0 Å². The van der Waals surface area contributed by atoms with Gasteiger partial charge in [-0.25, -0.2) is 4.98 Å². The van der Waals surface area contributed by atoms with Crippen LogP contribution in [0.4, 0.5) is 0 Å². The maximum Gasteiger partial charge on any atom is 0.149 e. The number of pyridine rings is 1. The minimum absolute atomic E-state index is 0.0916. The van der Waals surface area contributed by atoms with E-state index >= 15 is 0 Å². The summed E-state index contributed by atoms with van der Waals surface area (Å²) in [5.74, 6) is 0.728. The van der Waals surface area contributed by atoms with Crippen LogP contribution in [0.15, 0.2) is 158 Å². The Morgan fingerprint density at radius 3 is 2.00 bits per heavy atom. The van der Waals surface area contributed by atoms with Gasteiger partial charge in [0.1, 0.15) is 11.6 Å². The lowest BCUT2D eigenvalue weighted by atomic mass is 9.83. The van der Waals surface area contributed by atoms with Crippen molar-refractivity contribution in [2.45, 2.75) is 52.4 Å². The van der Waals surface area contributed by atoms with Gasteiger partial charge < -0.3 is 5.11 Å². The largest absolute Gasteiger partial charge is 0.507 e. The molecule has 0 unspecified atom stereocenters. The third-order valence-corrected chi connectivity index (χ3v) is 9.97. The molecule has 0 amide bonds. The molecule has 8 aromatic rings. The Morgan fingerprint density at radius 1 is 0.556 bits per heavy atom. The van der Waals surface area contributed by atoms with Crippen LogP contribution in [0.2, 0.25) is 0 Å². The molecule has 0 fully saturated rings. The lowest BCUT2D eigenvalue weighted by Crippen LogP contribution is -2.12. The highest BCUT2D eigenvalue weighted by Gasteiger charge is 2.25. The van der Waals surface area contributed by atoms with Gasteiger partial charge in [-0.1, -0.05) is 138 Å². The molecule has 4 heteroatoms. The number of benzene rings is 6. The van der Waals surface area contributed by atoms with Crippen LogP contribution in [-0.2, 0) is 10.8 Å². The van der Waals surface area contributed by atoms with Gasteiger partial charge >= 0.3 is 0 Å². The molecule has 0 spiro atoms. The Hall–Kier alpha value is -6.26. The van der Waals surface area contributed by atoms with Gasteiger partial charge in [0.15, 0.2) is 0 Å². The summed E-state index contributed by atoms with van der Waals surface area (Å²) < 4.78 is 44.0. The van der Waals surface area contributed by atoms with Gasteiger partial charge in [0.05, 0.1) is 34.8 Å². The molecule has 54 heavy (non-hydrogen) atoms. The molecule has 4 nitrogen and oxygen atoms in total. The molecule has 6 aromatic carbocycles. The lowest BCUT2D eigenvalue weighted by Gasteiger charge is -2.23. The fraction of sp³-hybridized carbons (Fsp3) is 0.160. The molecule has 1 N–H and O–H groups in total. The van der Waals surface area contributed by atoms with Crippen molar-refractivity contribution in [3.8, 4) is 67.5 Å². The molecule has 2 aromatic heterocycles. The number of aromatic nitrogens is 3. The van der Waals surface area contributed by atoms with Crippen molar-refractivity contribution >= 4 is 11.0 Å². The number of phenols is 1. The van der Waals surface area contributed by atoms with Crippen molar-refractivity contribution < 1.29 is 12.0 Å². The number of phenolic OH excluding ortho intramolecular Hbond substituents is 1. The minimum atomic E-state index is -0.430. The molecular weight excluding hydrogens is 659 g/mol. The highest BCUT2D eigenvalue weighted by Crippen LogP contribution is 2.42. The average Bonchev–Trinajstić information content (AvgIpc) is 3.61. The van der Waals surface area contributed by atoms with Crippen molar-refractivity contribution in [2.24, 2.45) is 0 Å². The van der Waals surface area contributed by atoms with E-state index in [0.29, 0.717) is 22.6 Å². The molecule has 0 aliphatic rings.